The van der Waals surface area contributed by atoms with Crippen molar-refractivity contribution in [2.45, 2.75) is 12.8 Å². The van der Waals surface area contributed by atoms with Crippen LogP contribution in [0, 0.1) is 5.82 Å². The van der Waals surface area contributed by atoms with Gasteiger partial charge in [0.15, 0.2) is 0 Å². The van der Waals surface area contributed by atoms with Crippen molar-refractivity contribution in [2.24, 2.45) is 5.73 Å². The normalized spacial score (nSPS) is 14.9. The van der Waals surface area contributed by atoms with E-state index >= 15 is 0 Å². The number of amides is 2. The van der Waals surface area contributed by atoms with E-state index in [1.807, 2.05) is 23.1 Å². The second kappa shape index (κ2) is 10.6. The minimum atomic E-state index is -0.569. The SMILES string of the molecule is COCCCN1CCN(C(=O)c2ccc3c(c2)Cc2c(C(N)=O)cc(-c4ccc(F)c(Cl)c4)nc2-3)CC1. The van der Waals surface area contributed by atoms with Gasteiger partial charge in [-0.15, -0.1) is 0 Å². The smallest absolute Gasteiger partial charge is 0.253 e. The number of carbonyl (C=O) groups is 2. The first kappa shape index (κ1) is 25.3. The van der Waals surface area contributed by atoms with Gasteiger partial charge in [-0.2, -0.15) is 0 Å². The van der Waals surface area contributed by atoms with Crippen LogP contribution in [0.25, 0.3) is 22.5 Å². The number of ether oxygens (including phenoxy) is 1. The maximum Gasteiger partial charge on any atom is 0.253 e. The van der Waals surface area contributed by atoms with Crippen molar-refractivity contribution >= 4 is 23.4 Å². The molecule has 1 aromatic heterocycles. The van der Waals surface area contributed by atoms with Gasteiger partial charge >= 0.3 is 0 Å². The molecule has 0 spiro atoms. The highest BCUT2D eigenvalue weighted by atomic mass is 35.5. The largest absolute Gasteiger partial charge is 0.385 e. The van der Waals surface area contributed by atoms with Gasteiger partial charge in [-0.1, -0.05) is 17.7 Å². The Kier molecular flexibility index (Phi) is 7.24. The second-order valence-corrected chi connectivity index (χ2v) is 9.81. The molecule has 7 nitrogen and oxygen atoms in total. The van der Waals surface area contributed by atoms with Crippen molar-refractivity contribution in [3.63, 3.8) is 0 Å². The average molecular weight is 523 g/mol. The minimum absolute atomic E-state index is 0.0000228. The van der Waals surface area contributed by atoms with Crippen LogP contribution in [0.2, 0.25) is 5.02 Å². The number of carbonyl (C=O) groups excluding carboxylic acids is 2. The van der Waals surface area contributed by atoms with Crippen molar-refractivity contribution in [1.82, 2.24) is 14.8 Å². The molecule has 5 rings (SSSR count). The van der Waals surface area contributed by atoms with Crippen LogP contribution in [-0.2, 0) is 11.2 Å². The quantitative estimate of drug-likeness (QED) is 0.371. The second-order valence-electron chi connectivity index (χ2n) is 9.40. The third kappa shape index (κ3) is 5.09. The van der Waals surface area contributed by atoms with Crippen LogP contribution in [-0.4, -0.2) is 73.0 Å². The monoisotopic (exact) mass is 522 g/mol. The molecule has 2 amide bonds. The number of nitrogens with zero attached hydrogens (tertiary/aromatic N) is 3. The average Bonchev–Trinajstić information content (AvgIpc) is 3.27. The first-order valence-electron chi connectivity index (χ1n) is 12.3. The molecule has 2 aliphatic rings. The fourth-order valence-corrected chi connectivity index (χ4v) is 5.26. The third-order valence-corrected chi connectivity index (χ3v) is 7.35. The topological polar surface area (TPSA) is 88.8 Å². The predicted molar refractivity (Wildman–Crippen MR) is 140 cm³/mol. The zero-order chi connectivity index (χ0) is 26.1. The summed E-state index contributed by atoms with van der Waals surface area (Å²) in [5, 5.41) is -0.0280. The van der Waals surface area contributed by atoms with Crippen LogP contribution < -0.4 is 5.73 Å². The molecular weight excluding hydrogens is 495 g/mol. The molecule has 3 aromatic rings. The van der Waals surface area contributed by atoms with Gasteiger partial charge < -0.3 is 15.4 Å². The number of methoxy groups -OCH3 is 1. The van der Waals surface area contributed by atoms with Crippen molar-refractivity contribution < 1.29 is 18.7 Å². The lowest BCUT2D eigenvalue weighted by Gasteiger charge is -2.34. The highest BCUT2D eigenvalue weighted by molar-refractivity contribution is 6.31. The Labute approximate surface area is 220 Å². The molecule has 2 heterocycles. The lowest BCUT2D eigenvalue weighted by atomic mass is 10.0. The molecule has 0 bridgehead atoms. The lowest BCUT2D eigenvalue weighted by Crippen LogP contribution is -2.49. The number of pyridine rings is 1. The summed E-state index contributed by atoms with van der Waals surface area (Å²) in [5.74, 6) is -1.10. The van der Waals surface area contributed by atoms with E-state index < -0.39 is 11.7 Å². The van der Waals surface area contributed by atoms with E-state index in [2.05, 4.69) is 4.90 Å². The summed E-state index contributed by atoms with van der Waals surface area (Å²) in [6.45, 7) is 4.75. The van der Waals surface area contributed by atoms with Gasteiger partial charge in [0.2, 0.25) is 5.91 Å². The molecule has 0 unspecified atom stereocenters. The molecule has 192 valence electrons. The Morgan fingerprint density at radius 2 is 1.89 bits per heavy atom. The number of hydrogen-bond acceptors (Lipinski definition) is 5. The van der Waals surface area contributed by atoms with Gasteiger partial charge in [0.05, 0.1) is 16.4 Å². The summed E-state index contributed by atoms with van der Waals surface area (Å²) >= 11 is 5.97. The summed E-state index contributed by atoms with van der Waals surface area (Å²) in [5.41, 5.74) is 10.9. The molecule has 37 heavy (non-hydrogen) atoms. The highest BCUT2D eigenvalue weighted by Crippen LogP contribution is 2.39. The van der Waals surface area contributed by atoms with Crippen LogP contribution in [0.15, 0.2) is 42.5 Å². The summed E-state index contributed by atoms with van der Waals surface area (Å²) in [7, 11) is 1.71. The number of benzene rings is 2. The number of rotatable bonds is 7. The first-order valence-corrected chi connectivity index (χ1v) is 12.7. The van der Waals surface area contributed by atoms with Gasteiger partial charge in [0.25, 0.3) is 5.91 Å². The molecular formula is C28H28ClFN4O3. The molecule has 9 heteroatoms. The van der Waals surface area contributed by atoms with Crippen LogP contribution in [0.4, 0.5) is 4.39 Å². The van der Waals surface area contributed by atoms with E-state index in [4.69, 9.17) is 27.1 Å². The molecule has 1 aliphatic heterocycles. The van der Waals surface area contributed by atoms with Gasteiger partial charge in [-0.3, -0.25) is 14.5 Å². The van der Waals surface area contributed by atoms with Gasteiger partial charge in [0, 0.05) is 75.1 Å². The number of aromatic nitrogens is 1. The number of fused-ring (bicyclic) bond motifs is 3. The van der Waals surface area contributed by atoms with Gasteiger partial charge in [-0.05, 0) is 53.9 Å². The Morgan fingerprint density at radius 3 is 2.59 bits per heavy atom. The van der Waals surface area contributed by atoms with Gasteiger partial charge in [0.1, 0.15) is 5.82 Å². The molecule has 1 fully saturated rings. The fourth-order valence-electron chi connectivity index (χ4n) is 5.08. The Morgan fingerprint density at radius 1 is 1.11 bits per heavy atom. The Balaban J connectivity index is 1.39. The Bertz CT molecular complexity index is 1370. The van der Waals surface area contributed by atoms with Crippen molar-refractivity contribution in [3.8, 4) is 22.5 Å². The first-order chi connectivity index (χ1) is 17.9. The van der Waals surface area contributed by atoms with E-state index in [0.29, 0.717) is 47.6 Å². The van der Waals surface area contributed by atoms with Crippen molar-refractivity contribution in [3.05, 3.63) is 75.6 Å². The van der Waals surface area contributed by atoms with Crippen molar-refractivity contribution in [2.75, 3.05) is 46.4 Å². The molecule has 0 atom stereocenters. The zero-order valence-electron chi connectivity index (χ0n) is 20.6. The molecule has 1 aliphatic carbocycles. The molecule has 2 N–H and O–H groups in total. The molecule has 0 radical (unpaired) electrons. The van der Waals surface area contributed by atoms with E-state index in [9.17, 15) is 14.0 Å². The molecule has 1 saturated heterocycles. The summed E-state index contributed by atoms with van der Waals surface area (Å²) < 4.78 is 18.8. The predicted octanol–water partition coefficient (Wildman–Crippen LogP) is 4.01. The minimum Gasteiger partial charge on any atom is -0.385 e. The van der Waals surface area contributed by atoms with Gasteiger partial charge in [-0.25, -0.2) is 9.37 Å². The lowest BCUT2D eigenvalue weighted by molar-refractivity contribution is 0.0624. The van der Waals surface area contributed by atoms with E-state index in [0.717, 1.165) is 49.4 Å². The third-order valence-electron chi connectivity index (χ3n) is 7.06. The van der Waals surface area contributed by atoms with Crippen LogP contribution in [0.3, 0.4) is 0 Å². The maximum absolute atomic E-state index is 13.7. The number of halogens is 2. The molecule has 2 aromatic carbocycles. The van der Waals surface area contributed by atoms with Crippen molar-refractivity contribution in [1.29, 1.82) is 0 Å². The summed E-state index contributed by atoms with van der Waals surface area (Å²) in [4.78, 5) is 34.6. The zero-order valence-corrected chi connectivity index (χ0v) is 21.4. The van der Waals surface area contributed by atoms with Crippen LogP contribution >= 0.6 is 11.6 Å². The highest BCUT2D eigenvalue weighted by Gasteiger charge is 2.28. The Hall–Kier alpha value is -3.33. The summed E-state index contributed by atoms with van der Waals surface area (Å²) in [6, 6.07) is 11.5. The summed E-state index contributed by atoms with van der Waals surface area (Å²) in [6.07, 6.45) is 1.43. The van der Waals surface area contributed by atoms with E-state index in [1.54, 1.807) is 19.2 Å². The van der Waals surface area contributed by atoms with E-state index in [-0.39, 0.29) is 10.9 Å². The number of primary amides is 1. The number of hydrogen-bond donors (Lipinski definition) is 1. The number of piperazine rings is 1. The van der Waals surface area contributed by atoms with Crippen LogP contribution in [0.1, 0.15) is 38.3 Å². The van der Waals surface area contributed by atoms with Crippen LogP contribution in [0.5, 0.6) is 0 Å². The maximum atomic E-state index is 13.7. The van der Waals surface area contributed by atoms with E-state index in [1.165, 1.54) is 12.1 Å². The molecule has 0 saturated carbocycles. The number of nitrogens with two attached hydrogens (primary N) is 1. The standard InChI is InChI=1S/C28H28ClFN4O3/c1-37-12-2-7-33-8-10-34(11-9-33)28(36)18-3-5-20-19(13-18)14-21-22(27(31)35)16-25(32-26(20)21)17-4-6-24(30)23(29)15-17/h3-6,13,15-16H,2,7-12,14H2,1H3,(H2,31,35). The fraction of sp³-hybridized carbons (Fsp3) is 0.321.